The molecule has 1 unspecified atom stereocenters. The predicted octanol–water partition coefficient (Wildman–Crippen LogP) is 12.0. The smallest absolute Gasteiger partial charge is 0.340 e. The van der Waals surface area contributed by atoms with Gasteiger partial charge in [-0.1, -0.05) is 18.2 Å². The lowest BCUT2D eigenvalue weighted by atomic mass is 9.74. The molecule has 0 radical (unpaired) electrons. The maximum absolute atomic E-state index is 15.0. The van der Waals surface area contributed by atoms with Gasteiger partial charge >= 0.3 is 17.9 Å². The van der Waals surface area contributed by atoms with Gasteiger partial charge in [0.15, 0.2) is 5.60 Å². The van der Waals surface area contributed by atoms with Crippen LogP contribution in [0, 0.1) is 28.1 Å². The molecular formula is C55H62N3O10P. The minimum atomic E-state index is -1.61. The number of ether oxygens (including phenoxy) is 4. The highest BCUT2D eigenvalue weighted by Gasteiger charge is 2.56. The average Bonchev–Trinajstić information content (AvgIpc) is 3.59. The number of nitrogens with zero attached hydrogens (tertiary/aromatic N) is 3. The normalized spacial score (nSPS) is 16.0. The number of likely N-dealkylation sites (tertiary alicyclic amines) is 1. The number of amides is 1. The molecule has 0 bridgehead atoms. The molecule has 69 heavy (non-hydrogen) atoms. The fourth-order valence-electron chi connectivity index (χ4n) is 9.34. The van der Waals surface area contributed by atoms with Crippen LogP contribution in [0.5, 0.6) is 23.0 Å². The number of fused-ring (bicyclic) bond motifs is 10. The highest BCUT2D eigenvalue weighted by atomic mass is 31.2. The molecule has 3 aliphatic rings. The molecule has 13 nitrogen and oxygen atoms in total. The Labute approximate surface area is 405 Å². The molecule has 3 aliphatic heterocycles. The Kier molecular flexibility index (Phi) is 14.0. The number of benzene rings is 5. The Bertz CT molecular complexity index is 2740. The number of nitriles is 1. The molecule has 5 aromatic carbocycles. The van der Waals surface area contributed by atoms with E-state index in [0.29, 0.717) is 105 Å². The van der Waals surface area contributed by atoms with Crippen LogP contribution >= 0.6 is 8.53 Å². The van der Waals surface area contributed by atoms with Crippen molar-refractivity contribution in [2.45, 2.75) is 113 Å². The largest absolute Gasteiger partial charge is 0.455 e. The number of carbonyl (C=O) groups is 4. The second-order valence-electron chi connectivity index (χ2n) is 20.7. The molecule has 0 aromatic heterocycles. The van der Waals surface area contributed by atoms with Crippen molar-refractivity contribution in [1.82, 2.24) is 9.57 Å². The number of carbonyl (C=O) groups excluding carboxylic acids is 4. The molecule has 3 heterocycles. The first-order chi connectivity index (χ1) is 32.7. The van der Waals surface area contributed by atoms with Crippen molar-refractivity contribution < 1.29 is 47.2 Å². The van der Waals surface area contributed by atoms with Crippen molar-refractivity contribution in [3.63, 3.8) is 0 Å². The van der Waals surface area contributed by atoms with Crippen LogP contribution in [0.25, 0.3) is 21.5 Å². The van der Waals surface area contributed by atoms with Crippen LogP contribution in [-0.4, -0.2) is 71.8 Å². The molecule has 1 atom stereocenters. The van der Waals surface area contributed by atoms with Crippen molar-refractivity contribution in [2.75, 3.05) is 26.3 Å². The van der Waals surface area contributed by atoms with E-state index in [0.717, 1.165) is 19.3 Å². The first kappa shape index (κ1) is 49.5. The van der Waals surface area contributed by atoms with Gasteiger partial charge in [0.2, 0.25) is 0 Å². The van der Waals surface area contributed by atoms with Crippen molar-refractivity contribution in [3.05, 3.63) is 107 Å². The molecule has 14 heteroatoms. The third kappa shape index (κ3) is 9.70. The summed E-state index contributed by atoms with van der Waals surface area (Å²) in [6, 6.07) is 25.9. The van der Waals surface area contributed by atoms with E-state index < -0.39 is 30.9 Å². The second kappa shape index (κ2) is 19.5. The van der Waals surface area contributed by atoms with Gasteiger partial charge in [-0.05, 0) is 166 Å². The third-order valence-electron chi connectivity index (χ3n) is 12.9. The summed E-state index contributed by atoms with van der Waals surface area (Å²) in [6.45, 7) is 21.1. The quantitative estimate of drug-likeness (QED) is 0.0477. The highest BCUT2D eigenvalue weighted by molar-refractivity contribution is 7.44. The van der Waals surface area contributed by atoms with Gasteiger partial charge in [-0.15, -0.1) is 0 Å². The highest BCUT2D eigenvalue weighted by Crippen LogP contribution is 2.60. The van der Waals surface area contributed by atoms with E-state index in [4.69, 9.17) is 33.3 Å². The predicted molar refractivity (Wildman–Crippen MR) is 264 cm³/mol. The Balaban J connectivity index is 1.15. The summed E-state index contributed by atoms with van der Waals surface area (Å²) in [6.07, 6.45) is 2.64. The van der Waals surface area contributed by atoms with Crippen molar-refractivity contribution in [3.8, 4) is 29.1 Å². The van der Waals surface area contributed by atoms with Crippen LogP contribution in [0.4, 0.5) is 0 Å². The summed E-state index contributed by atoms with van der Waals surface area (Å²) in [4.78, 5) is 57.1. The molecule has 362 valence electrons. The lowest BCUT2D eigenvalue weighted by molar-refractivity contribution is -0.143. The SMILES string of the molecule is CC(C)N(C(C)C)P(OCCC#N)OCCC1CCN(C(=O)c2cccc3c2C2(OC3=O)c3ccc4cc(OC(=O)C(C)(C)C)ccc4c3Oc3c2ccc2cc(OC(=O)C(C)(C)C)ccc32)CC1. The van der Waals surface area contributed by atoms with Gasteiger partial charge in [0.1, 0.15) is 23.0 Å². The first-order valence-corrected chi connectivity index (χ1v) is 25.0. The van der Waals surface area contributed by atoms with E-state index in [9.17, 15) is 14.4 Å². The maximum atomic E-state index is 15.0. The minimum Gasteiger partial charge on any atom is -0.455 e. The fraction of sp³-hybridized carbons (Fsp3) is 0.436. The van der Waals surface area contributed by atoms with E-state index >= 15 is 4.79 Å². The fourth-order valence-corrected chi connectivity index (χ4v) is 10.9. The molecule has 8 rings (SSSR count). The maximum Gasteiger partial charge on any atom is 0.340 e. The van der Waals surface area contributed by atoms with Gasteiger partial charge in [0.05, 0.1) is 42.1 Å². The zero-order valence-electron chi connectivity index (χ0n) is 41.3. The molecule has 0 aliphatic carbocycles. The van der Waals surface area contributed by atoms with E-state index in [1.54, 1.807) is 84.0 Å². The summed E-state index contributed by atoms with van der Waals surface area (Å²) >= 11 is 0. The number of rotatable bonds is 13. The average molecular weight is 956 g/mol. The van der Waals surface area contributed by atoms with Crippen LogP contribution in [0.15, 0.2) is 78.9 Å². The van der Waals surface area contributed by atoms with Crippen LogP contribution < -0.4 is 14.2 Å². The number of piperidine rings is 1. The molecule has 1 spiro atoms. The van der Waals surface area contributed by atoms with E-state index in [1.165, 1.54) is 0 Å². The summed E-state index contributed by atoms with van der Waals surface area (Å²) in [7, 11) is -1.35. The zero-order chi connectivity index (χ0) is 49.6. The number of esters is 3. The molecule has 1 fully saturated rings. The van der Waals surface area contributed by atoms with Crippen LogP contribution in [0.2, 0.25) is 0 Å². The molecule has 1 amide bonds. The summed E-state index contributed by atoms with van der Waals surface area (Å²) in [5.41, 5.74) is -0.904. The van der Waals surface area contributed by atoms with Gasteiger partial charge in [-0.2, -0.15) is 5.26 Å². The number of hydrogen-bond donors (Lipinski definition) is 0. The monoisotopic (exact) mass is 955 g/mol. The van der Waals surface area contributed by atoms with E-state index in [2.05, 4.69) is 38.4 Å². The molecule has 5 aromatic rings. The van der Waals surface area contributed by atoms with Crippen molar-refractivity contribution >= 4 is 53.9 Å². The van der Waals surface area contributed by atoms with Crippen LogP contribution in [0.1, 0.15) is 132 Å². The van der Waals surface area contributed by atoms with Crippen LogP contribution in [0.3, 0.4) is 0 Å². The first-order valence-electron chi connectivity index (χ1n) is 23.9. The van der Waals surface area contributed by atoms with Crippen molar-refractivity contribution in [1.29, 1.82) is 5.26 Å². The Morgan fingerprint density at radius 2 is 1.32 bits per heavy atom. The van der Waals surface area contributed by atoms with Gasteiger partial charge in [0.25, 0.3) is 14.4 Å². The lowest BCUT2D eigenvalue weighted by Gasteiger charge is -2.39. The second-order valence-corrected chi connectivity index (χ2v) is 22.2. The summed E-state index contributed by atoms with van der Waals surface area (Å²) < 4.78 is 40.0. The molecule has 0 N–H and O–H groups in total. The van der Waals surface area contributed by atoms with Crippen LogP contribution in [-0.2, 0) is 29.0 Å². The standard InChI is InChI=1S/C55H62N3O10P/c1-33(2)58(34(3)4)69(63-29-12-26-56)64-30-25-35-23-27-57(28-24-35)49(59)42-13-11-14-43-46(42)55(68-50(43)60)44-21-15-36-31-38(65-51(61)53(5,6)7)17-19-40(36)47(44)67-48-41-20-18-39(66-52(62)54(8,9)10)32-37(41)16-22-45(48)55/h11,13-22,31-35H,12,23-25,27-30H2,1-10H3. The van der Waals surface area contributed by atoms with Gasteiger partial charge < -0.3 is 32.9 Å². The minimum absolute atomic E-state index is 0.202. The molecule has 0 saturated carbocycles. The van der Waals surface area contributed by atoms with E-state index in [1.807, 2.05) is 41.3 Å². The van der Waals surface area contributed by atoms with Crippen molar-refractivity contribution in [2.24, 2.45) is 16.7 Å². The Morgan fingerprint density at radius 3 is 1.83 bits per heavy atom. The zero-order valence-corrected chi connectivity index (χ0v) is 42.2. The topological polar surface area (TPSA) is 154 Å². The summed E-state index contributed by atoms with van der Waals surface area (Å²) in [5, 5.41) is 11.9. The van der Waals surface area contributed by atoms with Gasteiger partial charge in [0, 0.05) is 58.2 Å². The number of hydrogen-bond acceptors (Lipinski definition) is 12. The Hall–Kier alpha value is -5.90. The van der Waals surface area contributed by atoms with Gasteiger partial charge in [-0.3, -0.25) is 14.4 Å². The molecular weight excluding hydrogens is 894 g/mol. The lowest BCUT2D eigenvalue weighted by Crippen LogP contribution is -2.41. The third-order valence-corrected chi connectivity index (χ3v) is 15.0. The van der Waals surface area contributed by atoms with E-state index in [-0.39, 0.29) is 35.5 Å². The van der Waals surface area contributed by atoms with Gasteiger partial charge in [-0.25, -0.2) is 9.46 Å². The summed E-state index contributed by atoms with van der Waals surface area (Å²) in [5.74, 6) is 0.355. The molecule has 1 saturated heterocycles. The Morgan fingerprint density at radius 1 is 0.783 bits per heavy atom.